The van der Waals surface area contributed by atoms with Crippen LogP contribution in [0.5, 0.6) is 0 Å². The first-order chi connectivity index (χ1) is 4.22. The van der Waals surface area contributed by atoms with E-state index in [1.54, 1.807) is 6.92 Å². The summed E-state index contributed by atoms with van der Waals surface area (Å²) in [5.41, 5.74) is 0. The van der Waals surface area contributed by atoms with Crippen molar-refractivity contribution in [2.45, 2.75) is 13.3 Å². The minimum Gasteiger partial charge on any atom is -0.465 e. The molecule has 50 valence electrons. The maximum Gasteiger partial charge on any atom is 0.314 e. The molecule has 1 unspecified atom stereocenters. The molecular formula is C6H8O2S. The predicted molar refractivity (Wildman–Crippen MR) is 37.3 cm³/mol. The summed E-state index contributed by atoms with van der Waals surface area (Å²) in [7, 11) is 0. The monoisotopic (exact) mass is 144 g/mol. The molecule has 0 spiro atoms. The second-order valence-electron chi connectivity index (χ2n) is 2.12. The van der Waals surface area contributed by atoms with Gasteiger partial charge in [-0.05, 0) is 13.3 Å². The average Bonchev–Trinajstić information content (AvgIpc) is 2.13. The third-order valence-corrected chi connectivity index (χ3v) is 1.71. The SMILES string of the molecule is CC(=S)C1CCOC1=O. The molecule has 1 rings (SSSR count). The molecule has 1 fully saturated rings. The van der Waals surface area contributed by atoms with Crippen LogP contribution in [0.1, 0.15) is 13.3 Å². The number of cyclic esters (lactones) is 1. The lowest BCUT2D eigenvalue weighted by Crippen LogP contribution is -2.14. The number of rotatable bonds is 1. The van der Waals surface area contributed by atoms with Crippen molar-refractivity contribution in [2.75, 3.05) is 6.61 Å². The maximum absolute atomic E-state index is 10.7. The van der Waals surface area contributed by atoms with Gasteiger partial charge in [0.05, 0.1) is 12.5 Å². The molecule has 0 aromatic rings. The van der Waals surface area contributed by atoms with Crippen molar-refractivity contribution in [1.29, 1.82) is 0 Å². The number of thiocarbonyl (C=S) groups is 1. The molecular weight excluding hydrogens is 136 g/mol. The lowest BCUT2D eigenvalue weighted by molar-refractivity contribution is -0.139. The highest BCUT2D eigenvalue weighted by Crippen LogP contribution is 2.15. The fourth-order valence-corrected chi connectivity index (χ4v) is 1.08. The van der Waals surface area contributed by atoms with Gasteiger partial charge >= 0.3 is 5.97 Å². The molecule has 0 bridgehead atoms. The van der Waals surface area contributed by atoms with Gasteiger partial charge < -0.3 is 4.74 Å². The molecule has 3 heteroatoms. The standard InChI is InChI=1S/C6H8O2S/c1-4(9)5-2-3-8-6(5)7/h5H,2-3H2,1H3. The molecule has 1 heterocycles. The van der Waals surface area contributed by atoms with Crippen LogP contribution in [0.25, 0.3) is 0 Å². The summed E-state index contributed by atoms with van der Waals surface area (Å²) in [6, 6.07) is 0. The molecule has 2 nitrogen and oxygen atoms in total. The number of hydrogen-bond acceptors (Lipinski definition) is 3. The number of hydrogen-bond donors (Lipinski definition) is 0. The van der Waals surface area contributed by atoms with E-state index >= 15 is 0 Å². The Morgan fingerprint density at radius 2 is 2.56 bits per heavy atom. The van der Waals surface area contributed by atoms with Gasteiger partial charge in [-0.1, -0.05) is 12.2 Å². The van der Waals surface area contributed by atoms with Crippen LogP contribution in [-0.4, -0.2) is 17.4 Å². The van der Waals surface area contributed by atoms with Crippen LogP contribution in [0, 0.1) is 5.92 Å². The minimum absolute atomic E-state index is 0.0972. The van der Waals surface area contributed by atoms with Crippen LogP contribution < -0.4 is 0 Å². The zero-order valence-electron chi connectivity index (χ0n) is 5.22. The molecule has 0 saturated carbocycles. The predicted octanol–water partition coefficient (Wildman–Crippen LogP) is 0.939. The van der Waals surface area contributed by atoms with E-state index in [-0.39, 0.29) is 11.9 Å². The number of esters is 1. The van der Waals surface area contributed by atoms with E-state index in [1.165, 1.54) is 0 Å². The second kappa shape index (κ2) is 2.43. The first-order valence-corrected chi connectivity index (χ1v) is 3.29. The molecule has 0 N–H and O–H groups in total. The highest BCUT2D eigenvalue weighted by atomic mass is 32.1. The molecule has 1 aliphatic rings. The van der Waals surface area contributed by atoms with Crippen molar-refractivity contribution >= 4 is 23.1 Å². The molecule has 0 aliphatic carbocycles. The number of carbonyl (C=O) groups is 1. The average molecular weight is 144 g/mol. The van der Waals surface area contributed by atoms with E-state index in [0.29, 0.717) is 6.61 Å². The van der Waals surface area contributed by atoms with Gasteiger partial charge in [0.25, 0.3) is 0 Å². The Morgan fingerprint density at radius 3 is 2.78 bits per heavy atom. The Kier molecular flexibility index (Phi) is 1.81. The largest absolute Gasteiger partial charge is 0.465 e. The summed E-state index contributed by atoms with van der Waals surface area (Å²) in [6.07, 6.45) is 0.772. The zero-order chi connectivity index (χ0) is 6.85. The number of carbonyl (C=O) groups excluding carboxylic acids is 1. The van der Waals surface area contributed by atoms with Crippen molar-refractivity contribution in [3.8, 4) is 0 Å². The second-order valence-corrected chi connectivity index (χ2v) is 2.76. The molecule has 0 amide bonds. The third-order valence-electron chi connectivity index (χ3n) is 1.43. The quantitative estimate of drug-likeness (QED) is 0.404. The lowest BCUT2D eigenvalue weighted by atomic mass is 10.1. The summed E-state index contributed by atoms with van der Waals surface area (Å²) >= 11 is 4.83. The van der Waals surface area contributed by atoms with E-state index in [9.17, 15) is 4.79 Å². The molecule has 0 aromatic carbocycles. The lowest BCUT2D eigenvalue weighted by Gasteiger charge is -1.98. The van der Waals surface area contributed by atoms with Crippen LogP contribution in [0.4, 0.5) is 0 Å². The van der Waals surface area contributed by atoms with Gasteiger partial charge in [-0.3, -0.25) is 4.79 Å². The fourth-order valence-electron chi connectivity index (χ4n) is 0.865. The molecule has 1 aliphatic heterocycles. The van der Waals surface area contributed by atoms with Crippen LogP contribution in [-0.2, 0) is 9.53 Å². The topological polar surface area (TPSA) is 26.3 Å². The Labute approximate surface area is 59.2 Å². The van der Waals surface area contributed by atoms with Gasteiger partial charge in [-0.15, -0.1) is 0 Å². The third kappa shape index (κ3) is 1.27. The molecule has 0 radical (unpaired) electrons. The summed E-state index contributed by atoms with van der Waals surface area (Å²) in [5.74, 6) is -0.248. The maximum atomic E-state index is 10.7. The summed E-state index contributed by atoms with van der Waals surface area (Å²) in [5, 5.41) is 0. The van der Waals surface area contributed by atoms with Crippen LogP contribution >= 0.6 is 12.2 Å². The number of ether oxygens (including phenoxy) is 1. The van der Waals surface area contributed by atoms with E-state index in [4.69, 9.17) is 17.0 Å². The van der Waals surface area contributed by atoms with Crippen molar-refractivity contribution in [1.82, 2.24) is 0 Å². The van der Waals surface area contributed by atoms with Crippen LogP contribution in [0.15, 0.2) is 0 Å². The van der Waals surface area contributed by atoms with Gasteiger partial charge in [0.2, 0.25) is 0 Å². The summed E-state index contributed by atoms with van der Waals surface area (Å²) in [6.45, 7) is 2.32. The molecule has 0 aromatic heterocycles. The van der Waals surface area contributed by atoms with Gasteiger partial charge in [-0.25, -0.2) is 0 Å². The molecule has 9 heavy (non-hydrogen) atoms. The van der Waals surface area contributed by atoms with E-state index < -0.39 is 0 Å². The van der Waals surface area contributed by atoms with Crippen molar-refractivity contribution in [3.63, 3.8) is 0 Å². The smallest absolute Gasteiger partial charge is 0.314 e. The Balaban J connectivity index is 2.60. The van der Waals surface area contributed by atoms with E-state index in [1.807, 2.05) is 0 Å². The van der Waals surface area contributed by atoms with Crippen molar-refractivity contribution in [2.24, 2.45) is 5.92 Å². The van der Waals surface area contributed by atoms with Gasteiger partial charge in [0.1, 0.15) is 0 Å². The van der Waals surface area contributed by atoms with Crippen molar-refractivity contribution < 1.29 is 9.53 Å². The highest BCUT2D eigenvalue weighted by molar-refractivity contribution is 7.80. The summed E-state index contributed by atoms with van der Waals surface area (Å²) in [4.78, 5) is 11.5. The Bertz CT molecular complexity index is 153. The fraction of sp³-hybridized carbons (Fsp3) is 0.667. The van der Waals surface area contributed by atoms with Crippen molar-refractivity contribution in [3.05, 3.63) is 0 Å². The van der Waals surface area contributed by atoms with Gasteiger partial charge in [0, 0.05) is 4.86 Å². The normalized spacial score (nSPS) is 25.9. The Morgan fingerprint density at radius 1 is 1.89 bits per heavy atom. The zero-order valence-corrected chi connectivity index (χ0v) is 6.03. The molecule has 1 saturated heterocycles. The van der Waals surface area contributed by atoms with E-state index in [0.717, 1.165) is 11.3 Å². The Hall–Kier alpha value is -0.440. The van der Waals surface area contributed by atoms with Gasteiger partial charge in [-0.2, -0.15) is 0 Å². The molecule has 1 atom stereocenters. The summed E-state index contributed by atoms with van der Waals surface area (Å²) < 4.78 is 4.70. The minimum atomic E-state index is -0.150. The van der Waals surface area contributed by atoms with Crippen LogP contribution in [0.3, 0.4) is 0 Å². The van der Waals surface area contributed by atoms with E-state index in [2.05, 4.69) is 0 Å². The first kappa shape index (κ1) is 6.68. The van der Waals surface area contributed by atoms with Gasteiger partial charge in [0.15, 0.2) is 0 Å². The highest BCUT2D eigenvalue weighted by Gasteiger charge is 2.27. The first-order valence-electron chi connectivity index (χ1n) is 2.89. The van der Waals surface area contributed by atoms with Crippen LogP contribution in [0.2, 0.25) is 0 Å².